The molecular formula is C11H22O2. The first-order valence-corrected chi connectivity index (χ1v) is 5.16. The summed E-state index contributed by atoms with van der Waals surface area (Å²) in [6, 6.07) is 0. The fraction of sp³-hybridized carbons (Fsp3) is 1.00. The van der Waals surface area contributed by atoms with Gasteiger partial charge in [0.25, 0.3) is 0 Å². The fourth-order valence-corrected chi connectivity index (χ4v) is 1.73. The molecule has 3 atom stereocenters. The third-order valence-corrected chi connectivity index (χ3v) is 2.47. The van der Waals surface area contributed by atoms with E-state index >= 15 is 0 Å². The van der Waals surface area contributed by atoms with Gasteiger partial charge in [-0.05, 0) is 17.8 Å². The van der Waals surface area contributed by atoms with Crippen molar-refractivity contribution in [1.29, 1.82) is 0 Å². The lowest BCUT2D eigenvalue weighted by Crippen LogP contribution is -2.24. The normalized spacial score (nSPS) is 30.7. The van der Waals surface area contributed by atoms with Crippen LogP contribution in [0.15, 0.2) is 0 Å². The molecule has 0 bridgehead atoms. The predicted octanol–water partition coefficient (Wildman–Crippen LogP) is 2.21. The molecule has 0 aliphatic carbocycles. The summed E-state index contributed by atoms with van der Waals surface area (Å²) >= 11 is 0. The lowest BCUT2D eigenvalue weighted by atomic mass is 9.87. The fourth-order valence-electron chi connectivity index (χ4n) is 1.73. The van der Waals surface area contributed by atoms with Crippen LogP contribution in [0.2, 0.25) is 0 Å². The molecule has 0 saturated carbocycles. The van der Waals surface area contributed by atoms with Crippen molar-refractivity contribution in [3.63, 3.8) is 0 Å². The molecule has 0 aromatic rings. The highest BCUT2D eigenvalue weighted by molar-refractivity contribution is 4.97. The van der Waals surface area contributed by atoms with E-state index in [1.54, 1.807) is 0 Å². The number of aliphatic hydroxyl groups is 1. The standard InChI is InChI=1S/C11H22O2/c1-7(2)6-8(12)9-10(13-9)11(3,4)5/h7-10,12H,6H2,1-5H3/t8-,9+,10-/m1/s1. The third kappa shape index (κ3) is 2.96. The maximum absolute atomic E-state index is 9.77. The predicted molar refractivity (Wildman–Crippen MR) is 53.6 cm³/mol. The smallest absolute Gasteiger partial charge is 0.110 e. The Labute approximate surface area is 81.3 Å². The molecule has 0 radical (unpaired) electrons. The summed E-state index contributed by atoms with van der Waals surface area (Å²) in [5.41, 5.74) is 0.169. The van der Waals surface area contributed by atoms with Crippen LogP contribution >= 0.6 is 0 Å². The first kappa shape index (κ1) is 11.0. The van der Waals surface area contributed by atoms with E-state index in [2.05, 4.69) is 34.6 Å². The maximum atomic E-state index is 9.77. The molecule has 2 heteroatoms. The van der Waals surface area contributed by atoms with Crippen LogP contribution in [0, 0.1) is 11.3 Å². The Balaban J connectivity index is 2.34. The van der Waals surface area contributed by atoms with Gasteiger partial charge in [-0.2, -0.15) is 0 Å². The minimum Gasteiger partial charge on any atom is -0.390 e. The SMILES string of the molecule is CC(C)C[C@@H](O)[C@@H]1O[C@H]1C(C)(C)C. The van der Waals surface area contributed by atoms with Crippen molar-refractivity contribution in [2.45, 2.75) is 59.4 Å². The van der Waals surface area contributed by atoms with Gasteiger partial charge in [0.15, 0.2) is 0 Å². The molecule has 1 saturated heterocycles. The van der Waals surface area contributed by atoms with Gasteiger partial charge in [-0.25, -0.2) is 0 Å². The molecular weight excluding hydrogens is 164 g/mol. The van der Waals surface area contributed by atoms with Crippen molar-refractivity contribution in [3.05, 3.63) is 0 Å². The molecule has 0 unspecified atom stereocenters. The Morgan fingerprint density at radius 1 is 1.31 bits per heavy atom. The Hall–Kier alpha value is -0.0800. The van der Waals surface area contributed by atoms with Gasteiger partial charge < -0.3 is 9.84 Å². The molecule has 0 spiro atoms. The number of epoxide rings is 1. The van der Waals surface area contributed by atoms with Crippen molar-refractivity contribution >= 4 is 0 Å². The van der Waals surface area contributed by atoms with E-state index in [9.17, 15) is 5.11 Å². The minimum absolute atomic E-state index is 0.0856. The average molecular weight is 186 g/mol. The molecule has 1 fully saturated rings. The van der Waals surface area contributed by atoms with Gasteiger partial charge in [0.1, 0.15) is 6.10 Å². The minimum atomic E-state index is -0.274. The van der Waals surface area contributed by atoms with Crippen molar-refractivity contribution < 1.29 is 9.84 Å². The number of hydrogen-bond acceptors (Lipinski definition) is 2. The zero-order valence-corrected chi connectivity index (χ0v) is 9.37. The highest BCUT2D eigenvalue weighted by Crippen LogP contribution is 2.40. The molecule has 78 valence electrons. The van der Waals surface area contributed by atoms with Gasteiger partial charge in [-0.15, -0.1) is 0 Å². The Morgan fingerprint density at radius 3 is 2.15 bits per heavy atom. The van der Waals surface area contributed by atoms with Gasteiger partial charge in [0.05, 0.1) is 12.2 Å². The maximum Gasteiger partial charge on any atom is 0.110 e. The Kier molecular flexibility index (Phi) is 3.03. The van der Waals surface area contributed by atoms with Gasteiger partial charge in [0.2, 0.25) is 0 Å². The molecule has 13 heavy (non-hydrogen) atoms. The van der Waals surface area contributed by atoms with Crippen molar-refractivity contribution in [3.8, 4) is 0 Å². The summed E-state index contributed by atoms with van der Waals surface area (Å²) in [5.74, 6) is 0.541. The largest absolute Gasteiger partial charge is 0.390 e. The summed E-state index contributed by atoms with van der Waals surface area (Å²) in [6.07, 6.45) is 0.907. The van der Waals surface area contributed by atoms with Crippen LogP contribution in [0.3, 0.4) is 0 Å². The lowest BCUT2D eigenvalue weighted by Gasteiger charge is -2.16. The second kappa shape index (κ2) is 3.58. The lowest BCUT2D eigenvalue weighted by molar-refractivity contribution is 0.113. The molecule has 0 aromatic heterocycles. The summed E-state index contributed by atoms with van der Waals surface area (Å²) in [6.45, 7) is 10.7. The van der Waals surface area contributed by atoms with Gasteiger partial charge >= 0.3 is 0 Å². The van der Waals surface area contributed by atoms with Crippen molar-refractivity contribution in [1.82, 2.24) is 0 Å². The molecule has 1 aliphatic rings. The summed E-state index contributed by atoms with van der Waals surface area (Å²) in [7, 11) is 0. The summed E-state index contributed by atoms with van der Waals surface area (Å²) < 4.78 is 5.49. The topological polar surface area (TPSA) is 32.8 Å². The molecule has 1 aliphatic heterocycles. The summed E-state index contributed by atoms with van der Waals surface area (Å²) in [5, 5.41) is 9.77. The molecule has 0 aromatic carbocycles. The summed E-state index contributed by atoms with van der Waals surface area (Å²) in [4.78, 5) is 0. The Morgan fingerprint density at radius 2 is 1.85 bits per heavy atom. The zero-order valence-electron chi connectivity index (χ0n) is 9.37. The van der Waals surface area contributed by atoms with Crippen LogP contribution in [0.4, 0.5) is 0 Å². The highest BCUT2D eigenvalue weighted by Gasteiger charge is 2.50. The van der Waals surface area contributed by atoms with E-state index in [-0.39, 0.29) is 23.7 Å². The van der Waals surface area contributed by atoms with Crippen LogP contribution in [-0.2, 0) is 4.74 Å². The van der Waals surface area contributed by atoms with Gasteiger partial charge in [-0.3, -0.25) is 0 Å². The molecule has 2 nitrogen and oxygen atoms in total. The van der Waals surface area contributed by atoms with E-state index in [1.165, 1.54) is 0 Å². The molecule has 0 amide bonds. The average Bonchev–Trinajstić information content (AvgIpc) is 2.59. The van der Waals surface area contributed by atoms with E-state index < -0.39 is 0 Å². The molecule has 1 rings (SSSR count). The third-order valence-electron chi connectivity index (χ3n) is 2.47. The first-order chi connectivity index (χ1) is 5.82. The second-order valence-electron chi connectivity index (χ2n) is 5.58. The second-order valence-corrected chi connectivity index (χ2v) is 5.58. The molecule has 1 N–H and O–H groups in total. The Bertz CT molecular complexity index is 169. The van der Waals surface area contributed by atoms with Crippen molar-refractivity contribution in [2.75, 3.05) is 0 Å². The van der Waals surface area contributed by atoms with Crippen molar-refractivity contribution in [2.24, 2.45) is 11.3 Å². The first-order valence-electron chi connectivity index (χ1n) is 5.16. The van der Waals surface area contributed by atoms with Crippen LogP contribution in [0.1, 0.15) is 41.0 Å². The van der Waals surface area contributed by atoms with Crippen LogP contribution in [0.5, 0.6) is 0 Å². The van der Waals surface area contributed by atoms with Crippen LogP contribution in [0.25, 0.3) is 0 Å². The highest BCUT2D eigenvalue weighted by atomic mass is 16.6. The monoisotopic (exact) mass is 186 g/mol. The number of hydrogen-bond donors (Lipinski definition) is 1. The zero-order chi connectivity index (χ0) is 10.2. The number of aliphatic hydroxyl groups excluding tert-OH is 1. The quantitative estimate of drug-likeness (QED) is 0.685. The number of ether oxygens (including phenoxy) is 1. The van der Waals surface area contributed by atoms with E-state index in [4.69, 9.17) is 4.74 Å². The van der Waals surface area contributed by atoms with Gasteiger partial charge in [-0.1, -0.05) is 34.6 Å². The van der Waals surface area contributed by atoms with E-state index in [0.29, 0.717) is 5.92 Å². The van der Waals surface area contributed by atoms with Crippen LogP contribution < -0.4 is 0 Å². The van der Waals surface area contributed by atoms with E-state index in [1.807, 2.05) is 0 Å². The van der Waals surface area contributed by atoms with E-state index in [0.717, 1.165) is 6.42 Å². The molecule has 1 heterocycles. The van der Waals surface area contributed by atoms with Crippen LogP contribution in [-0.4, -0.2) is 23.4 Å². The van der Waals surface area contributed by atoms with Gasteiger partial charge in [0, 0.05) is 0 Å². The number of rotatable bonds is 3.